The van der Waals surface area contributed by atoms with Gasteiger partial charge >= 0.3 is 0 Å². The second-order valence-corrected chi connectivity index (χ2v) is 10.5. The molecule has 2 rings (SSSR count). The molecule has 0 aliphatic heterocycles. The Morgan fingerprint density at radius 1 is 1.06 bits per heavy atom. The first kappa shape index (κ1) is 28.4. The number of hydrogen-bond acceptors (Lipinski definition) is 4. The number of carbonyl (C=O) groups is 2. The lowest BCUT2D eigenvalue weighted by Gasteiger charge is -2.26. The van der Waals surface area contributed by atoms with Crippen molar-refractivity contribution in [1.82, 2.24) is 14.7 Å². The maximum atomic E-state index is 13.1. The van der Waals surface area contributed by atoms with Crippen molar-refractivity contribution >= 4 is 17.6 Å². The maximum Gasteiger partial charge on any atom is 0.245 e. The molecule has 2 aromatic rings. The average Bonchev–Trinajstić information content (AvgIpc) is 3.23. The molecule has 0 fully saturated rings. The summed E-state index contributed by atoms with van der Waals surface area (Å²) in [7, 11) is 1.63. The second-order valence-electron chi connectivity index (χ2n) is 10.5. The summed E-state index contributed by atoms with van der Waals surface area (Å²) in [5.74, 6) is 1.13. The number of unbranched alkanes of at least 4 members (excludes halogenated alkanes) is 5. The van der Waals surface area contributed by atoms with E-state index < -0.39 is 0 Å². The van der Waals surface area contributed by atoms with E-state index in [0.717, 1.165) is 36.4 Å². The summed E-state index contributed by atoms with van der Waals surface area (Å²) in [5, 5.41) is 7.76. The van der Waals surface area contributed by atoms with Crippen LogP contribution in [-0.4, -0.2) is 46.2 Å². The number of aromatic nitrogens is 2. The SMILES string of the molecule is CCCCCCCCC(=O)N(CC(=O)Nc1cc(C(C)(C)C)nn1-c1ccc(OC)cc1)C(C)C. The molecule has 0 atom stereocenters. The number of benzene rings is 1. The molecular formula is C28H44N4O3. The Kier molecular flexibility index (Phi) is 10.8. The molecule has 0 saturated heterocycles. The third-order valence-corrected chi connectivity index (χ3v) is 6.06. The van der Waals surface area contributed by atoms with Crippen LogP contribution in [0.2, 0.25) is 0 Å². The van der Waals surface area contributed by atoms with Crippen LogP contribution in [0.15, 0.2) is 30.3 Å². The molecule has 2 amide bonds. The number of methoxy groups -OCH3 is 1. The molecule has 1 heterocycles. The minimum absolute atomic E-state index is 0.0188. The second kappa shape index (κ2) is 13.3. The van der Waals surface area contributed by atoms with Crippen molar-refractivity contribution in [2.24, 2.45) is 0 Å². The van der Waals surface area contributed by atoms with Crippen molar-refractivity contribution in [3.63, 3.8) is 0 Å². The summed E-state index contributed by atoms with van der Waals surface area (Å²) >= 11 is 0. The number of anilines is 1. The number of ether oxygens (including phenoxy) is 1. The zero-order valence-electron chi connectivity index (χ0n) is 22.7. The van der Waals surface area contributed by atoms with Gasteiger partial charge < -0.3 is 15.0 Å². The van der Waals surface area contributed by atoms with Gasteiger partial charge in [-0.25, -0.2) is 4.68 Å². The number of hydrogen-bond donors (Lipinski definition) is 1. The lowest BCUT2D eigenvalue weighted by atomic mass is 9.92. The largest absolute Gasteiger partial charge is 0.497 e. The van der Waals surface area contributed by atoms with Gasteiger partial charge in [0.05, 0.1) is 18.5 Å². The van der Waals surface area contributed by atoms with Crippen LogP contribution >= 0.6 is 0 Å². The van der Waals surface area contributed by atoms with Crippen molar-refractivity contribution in [1.29, 1.82) is 0 Å². The first-order valence-corrected chi connectivity index (χ1v) is 12.9. The van der Waals surface area contributed by atoms with Crippen molar-refractivity contribution in [2.45, 2.75) is 97.9 Å². The molecule has 7 heteroatoms. The Morgan fingerprint density at radius 3 is 2.26 bits per heavy atom. The Bertz CT molecular complexity index is 942. The lowest BCUT2D eigenvalue weighted by Crippen LogP contribution is -2.42. The molecule has 1 N–H and O–H groups in total. The molecule has 0 spiro atoms. The minimum Gasteiger partial charge on any atom is -0.497 e. The summed E-state index contributed by atoms with van der Waals surface area (Å²) in [5.41, 5.74) is 1.49. The minimum atomic E-state index is -0.231. The van der Waals surface area contributed by atoms with Crippen LogP contribution in [0.3, 0.4) is 0 Å². The Balaban J connectivity index is 2.11. The predicted molar refractivity (Wildman–Crippen MR) is 142 cm³/mol. The van der Waals surface area contributed by atoms with E-state index in [0.29, 0.717) is 12.2 Å². The fourth-order valence-electron chi connectivity index (χ4n) is 3.85. The first-order chi connectivity index (χ1) is 16.6. The summed E-state index contributed by atoms with van der Waals surface area (Å²) < 4.78 is 7.00. The van der Waals surface area contributed by atoms with E-state index >= 15 is 0 Å². The average molecular weight is 485 g/mol. The molecule has 0 bridgehead atoms. The normalized spacial score (nSPS) is 11.5. The van der Waals surface area contributed by atoms with Gasteiger partial charge in [-0.05, 0) is 44.5 Å². The Hall–Kier alpha value is -2.83. The van der Waals surface area contributed by atoms with E-state index in [1.54, 1.807) is 16.7 Å². The smallest absolute Gasteiger partial charge is 0.245 e. The molecule has 194 valence electrons. The fourth-order valence-corrected chi connectivity index (χ4v) is 3.85. The Labute approximate surface area is 211 Å². The number of nitrogens with one attached hydrogen (secondary N) is 1. The van der Waals surface area contributed by atoms with Crippen LogP contribution in [0.25, 0.3) is 5.69 Å². The topological polar surface area (TPSA) is 76.5 Å². The number of nitrogens with zero attached hydrogens (tertiary/aromatic N) is 3. The number of amides is 2. The highest BCUT2D eigenvalue weighted by Gasteiger charge is 2.24. The highest BCUT2D eigenvalue weighted by Crippen LogP contribution is 2.27. The van der Waals surface area contributed by atoms with Crippen LogP contribution in [0, 0.1) is 0 Å². The van der Waals surface area contributed by atoms with Crippen molar-refractivity contribution < 1.29 is 14.3 Å². The van der Waals surface area contributed by atoms with Crippen LogP contribution in [0.4, 0.5) is 5.82 Å². The molecule has 0 unspecified atom stereocenters. The lowest BCUT2D eigenvalue weighted by molar-refractivity contribution is -0.136. The van der Waals surface area contributed by atoms with Gasteiger partial charge in [0.2, 0.25) is 11.8 Å². The molecule has 0 saturated carbocycles. The molecule has 0 aliphatic carbocycles. The van der Waals surface area contributed by atoms with Gasteiger partial charge in [-0.2, -0.15) is 5.10 Å². The summed E-state index contributed by atoms with van der Waals surface area (Å²) in [6.07, 6.45) is 7.25. The van der Waals surface area contributed by atoms with Gasteiger partial charge in [0.15, 0.2) is 0 Å². The molecule has 7 nitrogen and oxygen atoms in total. The van der Waals surface area contributed by atoms with E-state index in [1.165, 1.54) is 19.3 Å². The van der Waals surface area contributed by atoms with Crippen LogP contribution in [0.5, 0.6) is 5.75 Å². The monoisotopic (exact) mass is 484 g/mol. The summed E-state index contributed by atoms with van der Waals surface area (Å²) in [6, 6.07) is 9.38. The molecule has 0 aliphatic rings. The highest BCUT2D eigenvalue weighted by atomic mass is 16.5. The fraction of sp³-hybridized carbons (Fsp3) is 0.607. The molecule has 35 heavy (non-hydrogen) atoms. The summed E-state index contributed by atoms with van der Waals surface area (Å²) in [4.78, 5) is 27.6. The molecule has 0 radical (unpaired) electrons. The van der Waals surface area contributed by atoms with Gasteiger partial charge in [-0.3, -0.25) is 9.59 Å². The van der Waals surface area contributed by atoms with E-state index in [-0.39, 0.29) is 29.8 Å². The van der Waals surface area contributed by atoms with Crippen LogP contribution in [0.1, 0.15) is 92.2 Å². The highest BCUT2D eigenvalue weighted by molar-refractivity contribution is 5.94. The summed E-state index contributed by atoms with van der Waals surface area (Å²) in [6.45, 7) is 12.4. The number of rotatable bonds is 13. The van der Waals surface area contributed by atoms with Crippen molar-refractivity contribution in [3.8, 4) is 11.4 Å². The molecule has 1 aromatic heterocycles. The van der Waals surface area contributed by atoms with Gasteiger partial charge in [0.1, 0.15) is 18.1 Å². The van der Waals surface area contributed by atoms with Gasteiger partial charge in [-0.1, -0.05) is 59.8 Å². The molecular weight excluding hydrogens is 440 g/mol. The van der Waals surface area contributed by atoms with Gasteiger partial charge in [-0.15, -0.1) is 0 Å². The zero-order chi connectivity index (χ0) is 26.0. The van der Waals surface area contributed by atoms with Crippen molar-refractivity contribution in [2.75, 3.05) is 19.0 Å². The Morgan fingerprint density at radius 2 is 1.69 bits per heavy atom. The van der Waals surface area contributed by atoms with Gasteiger partial charge in [0.25, 0.3) is 0 Å². The predicted octanol–water partition coefficient (Wildman–Crippen LogP) is 6.10. The zero-order valence-corrected chi connectivity index (χ0v) is 22.7. The quantitative estimate of drug-likeness (QED) is 0.348. The van der Waals surface area contributed by atoms with E-state index in [9.17, 15) is 9.59 Å². The van der Waals surface area contributed by atoms with Crippen LogP contribution in [-0.2, 0) is 15.0 Å². The number of carbonyl (C=O) groups excluding carboxylic acids is 2. The first-order valence-electron chi connectivity index (χ1n) is 12.9. The molecule has 1 aromatic carbocycles. The van der Waals surface area contributed by atoms with Gasteiger partial charge in [0, 0.05) is 23.9 Å². The van der Waals surface area contributed by atoms with Crippen LogP contribution < -0.4 is 10.1 Å². The van der Waals surface area contributed by atoms with E-state index in [4.69, 9.17) is 9.84 Å². The third-order valence-electron chi connectivity index (χ3n) is 6.06. The standard InChI is InChI=1S/C28H44N4O3/c1-8-9-10-11-12-13-14-27(34)31(21(2)3)20-26(33)29-25-19-24(28(4,5)6)30-32(25)22-15-17-23(35-7)18-16-22/h15-19,21H,8-14,20H2,1-7H3,(H,29,33). The van der Waals surface area contributed by atoms with E-state index in [2.05, 4.69) is 33.0 Å². The maximum absolute atomic E-state index is 13.1. The van der Waals surface area contributed by atoms with Crippen molar-refractivity contribution in [3.05, 3.63) is 36.0 Å². The third kappa shape index (κ3) is 8.71. The van der Waals surface area contributed by atoms with E-state index in [1.807, 2.05) is 44.2 Å².